The van der Waals surface area contributed by atoms with Gasteiger partial charge >= 0.3 is 5.97 Å². The monoisotopic (exact) mass is 327 g/mol. The average molecular weight is 327 g/mol. The highest BCUT2D eigenvalue weighted by Gasteiger charge is 2.26. The average Bonchev–Trinajstić information content (AvgIpc) is 2.89. The number of fused-ring (bicyclic) bond motifs is 1. The zero-order chi connectivity index (χ0) is 17.7. The molecule has 24 heavy (non-hydrogen) atoms. The van der Waals surface area contributed by atoms with Crippen LogP contribution in [0.4, 0.5) is 0 Å². The van der Waals surface area contributed by atoms with Crippen LogP contribution in [0.3, 0.4) is 0 Å². The van der Waals surface area contributed by atoms with Gasteiger partial charge in [-0.05, 0) is 41.7 Å². The normalized spacial score (nSPS) is 17.8. The van der Waals surface area contributed by atoms with Crippen molar-refractivity contribution in [1.82, 2.24) is 4.98 Å². The van der Waals surface area contributed by atoms with Crippen molar-refractivity contribution in [1.29, 1.82) is 0 Å². The van der Waals surface area contributed by atoms with Gasteiger partial charge in [0.1, 0.15) is 5.52 Å². The fraction of sp³-hybridized carbons (Fsp3) is 0.500. The lowest BCUT2D eigenvalue weighted by Gasteiger charge is -2.29. The number of aromatic nitrogens is 1. The van der Waals surface area contributed by atoms with Crippen molar-refractivity contribution in [2.45, 2.75) is 59.3 Å². The third-order valence-corrected chi connectivity index (χ3v) is 4.80. The van der Waals surface area contributed by atoms with E-state index in [1.165, 1.54) is 11.6 Å². The number of furan rings is 1. The summed E-state index contributed by atoms with van der Waals surface area (Å²) in [5.74, 6) is -1.12. The Bertz CT molecular complexity index is 834. The molecule has 3 rings (SSSR count). The molecule has 4 nitrogen and oxygen atoms in total. The molecule has 0 atom stereocenters. The highest BCUT2D eigenvalue weighted by molar-refractivity contribution is 5.91. The van der Waals surface area contributed by atoms with Gasteiger partial charge in [-0.2, -0.15) is 0 Å². The van der Waals surface area contributed by atoms with Crippen molar-refractivity contribution in [2.24, 2.45) is 5.41 Å². The Balaban J connectivity index is 2.17. The molecule has 4 heteroatoms. The van der Waals surface area contributed by atoms with E-state index in [4.69, 9.17) is 9.40 Å². The summed E-state index contributed by atoms with van der Waals surface area (Å²) in [6.07, 6.45) is 5.45. The molecule has 1 aliphatic rings. The van der Waals surface area contributed by atoms with E-state index >= 15 is 0 Å². The molecule has 1 aliphatic carbocycles. The molecule has 0 aliphatic heterocycles. The predicted octanol–water partition coefficient (Wildman–Crippen LogP) is 5.42. The first kappa shape index (κ1) is 16.7. The van der Waals surface area contributed by atoms with Crippen LogP contribution in [0, 0.1) is 5.41 Å². The van der Waals surface area contributed by atoms with E-state index in [1.807, 2.05) is 0 Å². The molecule has 0 radical (unpaired) electrons. The lowest BCUT2D eigenvalue weighted by Crippen LogP contribution is -2.16. The minimum Gasteiger partial charge on any atom is -0.475 e. The van der Waals surface area contributed by atoms with Crippen LogP contribution in [0.1, 0.15) is 75.7 Å². The van der Waals surface area contributed by atoms with Gasteiger partial charge in [0.25, 0.3) is 0 Å². The Kier molecular flexibility index (Phi) is 3.82. The smallest absolute Gasteiger partial charge is 0.371 e. The summed E-state index contributed by atoms with van der Waals surface area (Å²) < 4.78 is 5.58. The quantitative estimate of drug-likeness (QED) is 0.800. The SMILES string of the molecule is CC1(C)CC=C(c2cc(C(C)(C)C)c3oc(C(=O)O)cc3n2)CC1. The topological polar surface area (TPSA) is 63.3 Å². The second kappa shape index (κ2) is 5.47. The van der Waals surface area contributed by atoms with Crippen molar-refractivity contribution in [3.05, 3.63) is 35.2 Å². The molecule has 0 fully saturated rings. The first-order valence-corrected chi connectivity index (χ1v) is 8.45. The van der Waals surface area contributed by atoms with E-state index in [2.05, 4.69) is 46.8 Å². The molecule has 0 bridgehead atoms. The van der Waals surface area contributed by atoms with Crippen LogP contribution in [-0.4, -0.2) is 16.1 Å². The van der Waals surface area contributed by atoms with Gasteiger partial charge in [0.2, 0.25) is 5.76 Å². The number of hydrogen-bond acceptors (Lipinski definition) is 3. The minimum atomic E-state index is -1.06. The van der Waals surface area contributed by atoms with Crippen molar-refractivity contribution in [3.63, 3.8) is 0 Å². The van der Waals surface area contributed by atoms with Gasteiger partial charge in [0, 0.05) is 11.6 Å². The number of carbonyl (C=O) groups is 1. The molecule has 0 unspecified atom stereocenters. The van der Waals surface area contributed by atoms with Gasteiger partial charge in [0.05, 0.1) is 5.69 Å². The fourth-order valence-corrected chi connectivity index (χ4v) is 3.16. The molecule has 128 valence electrons. The van der Waals surface area contributed by atoms with E-state index in [0.717, 1.165) is 30.5 Å². The van der Waals surface area contributed by atoms with Crippen LogP contribution >= 0.6 is 0 Å². The van der Waals surface area contributed by atoms with Crippen molar-refractivity contribution < 1.29 is 14.3 Å². The van der Waals surface area contributed by atoms with Gasteiger partial charge < -0.3 is 9.52 Å². The van der Waals surface area contributed by atoms with Gasteiger partial charge in [-0.3, -0.25) is 0 Å². The third kappa shape index (κ3) is 3.10. The summed E-state index contributed by atoms with van der Waals surface area (Å²) in [4.78, 5) is 16.0. The maximum Gasteiger partial charge on any atom is 0.371 e. The molecule has 0 amide bonds. The number of rotatable bonds is 2. The standard InChI is InChI=1S/C20H25NO3/c1-19(2,3)13-10-14(12-6-8-20(4,5)9-7-12)21-15-11-16(18(22)23)24-17(13)15/h6,10-11H,7-9H2,1-5H3,(H,22,23). The number of hydrogen-bond donors (Lipinski definition) is 1. The molecule has 2 heterocycles. The molecule has 0 saturated heterocycles. The second-order valence-corrected chi connectivity index (χ2v) is 8.53. The van der Waals surface area contributed by atoms with E-state index in [1.54, 1.807) is 0 Å². The predicted molar refractivity (Wildman–Crippen MR) is 95.3 cm³/mol. The van der Waals surface area contributed by atoms with Crippen LogP contribution in [-0.2, 0) is 5.41 Å². The number of carboxylic acids is 1. The summed E-state index contributed by atoms with van der Waals surface area (Å²) in [6.45, 7) is 10.9. The lowest BCUT2D eigenvalue weighted by atomic mass is 9.77. The number of carboxylic acid groups (broad SMARTS) is 1. The van der Waals surface area contributed by atoms with Crippen LogP contribution in [0.5, 0.6) is 0 Å². The molecule has 0 saturated carbocycles. The zero-order valence-corrected chi connectivity index (χ0v) is 15.1. The Morgan fingerprint density at radius 2 is 2.00 bits per heavy atom. The molecule has 0 spiro atoms. The summed E-state index contributed by atoms with van der Waals surface area (Å²) >= 11 is 0. The van der Waals surface area contributed by atoms with Gasteiger partial charge in [-0.1, -0.05) is 40.7 Å². The van der Waals surface area contributed by atoms with Crippen molar-refractivity contribution in [2.75, 3.05) is 0 Å². The summed E-state index contributed by atoms with van der Waals surface area (Å²) in [7, 11) is 0. The Hall–Kier alpha value is -2.10. The van der Waals surface area contributed by atoms with Crippen LogP contribution in [0.25, 0.3) is 16.7 Å². The van der Waals surface area contributed by atoms with Crippen LogP contribution < -0.4 is 0 Å². The van der Waals surface area contributed by atoms with E-state index in [0.29, 0.717) is 16.5 Å². The number of allylic oxidation sites excluding steroid dienone is 2. The first-order valence-electron chi connectivity index (χ1n) is 8.45. The third-order valence-electron chi connectivity index (χ3n) is 4.80. The van der Waals surface area contributed by atoms with E-state index in [-0.39, 0.29) is 11.2 Å². The van der Waals surface area contributed by atoms with Crippen LogP contribution in [0.15, 0.2) is 22.6 Å². The Morgan fingerprint density at radius 3 is 2.54 bits per heavy atom. The maximum absolute atomic E-state index is 11.3. The minimum absolute atomic E-state index is 0.0566. The first-order chi connectivity index (χ1) is 11.1. The number of pyridine rings is 1. The highest BCUT2D eigenvalue weighted by Crippen LogP contribution is 2.39. The number of aromatic carboxylic acids is 1. The molecule has 1 N–H and O–H groups in total. The summed E-state index contributed by atoms with van der Waals surface area (Å²) in [5.41, 5.74) is 4.59. The maximum atomic E-state index is 11.3. The Labute approximate surface area is 142 Å². The molecule has 0 aromatic carbocycles. The molecule has 2 aromatic rings. The van der Waals surface area contributed by atoms with Gasteiger partial charge in [0.15, 0.2) is 5.58 Å². The second-order valence-electron chi connectivity index (χ2n) is 8.53. The van der Waals surface area contributed by atoms with Gasteiger partial charge in [-0.15, -0.1) is 0 Å². The van der Waals surface area contributed by atoms with E-state index < -0.39 is 5.97 Å². The van der Waals surface area contributed by atoms with Crippen molar-refractivity contribution in [3.8, 4) is 0 Å². The number of nitrogens with zero attached hydrogens (tertiary/aromatic N) is 1. The Morgan fingerprint density at radius 1 is 1.29 bits per heavy atom. The summed E-state index contributed by atoms with van der Waals surface area (Å²) in [6, 6.07) is 3.60. The lowest BCUT2D eigenvalue weighted by molar-refractivity contribution is 0.0665. The fourth-order valence-electron chi connectivity index (χ4n) is 3.16. The molecular weight excluding hydrogens is 302 g/mol. The summed E-state index contributed by atoms with van der Waals surface area (Å²) in [5, 5.41) is 9.22. The van der Waals surface area contributed by atoms with E-state index in [9.17, 15) is 9.90 Å². The molecular formula is C20H25NO3. The van der Waals surface area contributed by atoms with Crippen molar-refractivity contribution >= 4 is 22.6 Å². The highest BCUT2D eigenvalue weighted by atomic mass is 16.4. The zero-order valence-electron chi connectivity index (χ0n) is 15.1. The largest absolute Gasteiger partial charge is 0.475 e. The van der Waals surface area contributed by atoms with Crippen LogP contribution in [0.2, 0.25) is 0 Å². The van der Waals surface area contributed by atoms with Gasteiger partial charge in [-0.25, -0.2) is 9.78 Å². The molecule has 2 aromatic heterocycles.